The van der Waals surface area contributed by atoms with E-state index in [9.17, 15) is 5.11 Å². The van der Waals surface area contributed by atoms with E-state index in [-0.39, 0.29) is 9.68 Å². The Balaban J connectivity index is 4.65. The Morgan fingerprint density at radius 1 is 1.31 bits per heavy atom. The van der Waals surface area contributed by atoms with E-state index >= 15 is 0 Å². The minimum Gasteiger partial charge on any atom is -0.504 e. The summed E-state index contributed by atoms with van der Waals surface area (Å²) in [6, 6.07) is 0. The number of rotatable bonds is 4. The summed E-state index contributed by atoms with van der Waals surface area (Å²) in [4.78, 5) is 0. The van der Waals surface area contributed by atoms with Crippen molar-refractivity contribution in [1.82, 2.24) is 0 Å². The van der Waals surface area contributed by atoms with Gasteiger partial charge in [0.05, 0.1) is 0 Å². The molecule has 0 aromatic heterocycles. The summed E-state index contributed by atoms with van der Waals surface area (Å²) in [5.41, 5.74) is 0. The molecule has 0 aliphatic carbocycles. The molecular weight excluding hydrogens is 513 g/mol. The molecule has 0 aromatic carbocycles. The third kappa shape index (κ3) is 4.14. The van der Waals surface area contributed by atoms with E-state index in [0.29, 0.717) is 0 Å². The first-order valence-electron chi connectivity index (χ1n) is 3.67. The molecule has 0 amide bonds. The Bertz CT molecular complexity index is 199. The fraction of sp³-hybridized carbons (Fsp3) is 0.714. The molecule has 1 atom stereocenters. The third-order valence-corrected chi connectivity index (χ3v) is 7.93. The zero-order valence-corrected chi connectivity index (χ0v) is 13.4. The topological polar surface area (TPSA) is 60.7 Å². The number of aliphatic hydroxyl groups is 3. The van der Waals surface area contributed by atoms with Crippen molar-refractivity contribution in [2.75, 3.05) is 0 Å². The molecule has 0 spiro atoms. The van der Waals surface area contributed by atoms with Gasteiger partial charge >= 0.3 is 5.95 Å². The molecule has 0 saturated heterocycles. The van der Waals surface area contributed by atoms with Gasteiger partial charge in [-0.3, -0.25) is 0 Å². The molecule has 6 heteroatoms. The van der Waals surface area contributed by atoms with Crippen molar-refractivity contribution in [1.29, 1.82) is 0 Å². The van der Waals surface area contributed by atoms with Crippen LogP contribution in [0.4, 0.5) is 0 Å². The van der Waals surface area contributed by atoms with Gasteiger partial charge < -0.3 is 15.3 Å². The second kappa shape index (κ2) is 6.03. The van der Waals surface area contributed by atoms with Gasteiger partial charge in [0.15, 0.2) is 0 Å². The molecule has 0 aliphatic rings. The van der Waals surface area contributed by atoms with E-state index in [4.69, 9.17) is 10.2 Å². The van der Waals surface area contributed by atoms with Crippen LogP contribution in [0.1, 0.15) is 19.8 Å². The van der Waals surface area contributed by atoms with E-state index in [2.05, 4.69) is 29.5 Å². The molecule has 0 heterocycles. The molecule has 1 unspecified atom stereocenters. The summed E-state index contributed by atoms with van der Waals surface area (Å²) in [7, 11) is 0. The van der Waals surface area contributed by atoms with E-state index in [1.54, 1.807) is 0 Å². The summed E-state index contributed by atoms with van der Waals surface area (Å²) < 4.78 is -0.490. The summed E-state index contributed by atoms with van der Waals surface area (Å²) in [6.07, 6.45) is 1.92. The van der Waals surface area contributed by atoms with Gasteiger partial charge in [0, 0.05) is 3.92 Å². The normalized spacial score (nSPS) is 13.8. The van der Waals surface area contributed by atoms with Gasteiger partial charge in [-0.1, -0.05) is 81.1 Å². The lowest BCUT2D eigenvalue weighted by Gasteiger charge is -2.24. The third-order valence-electron chi connectivity index (χ3n) is 1.46. The monoisotopic (exact) mass is 524 g/mol. The summed E-state index contributed by atoms with van der Waals surface area (Å²) in [6.45, 7) is 2.05. The van der Waals surface area contributed by atoms with Crippen molar-refractivity contribution < 1.29 is 15.3 Å². The number of allylic oxidation sites excluding steroid dienone is 1. The summed E-state index contributed by atoms with van der Waals surface area (Å²) >= 11 is 6.24. The van der Waals surface area contributed by atoms with E-state index in [1.165, 1.54) is 0 Å². The second-order valence-electron chi connectivity index (χ2n) is 2.55. The first-order valence-corrected chi connectivity index (χ1v) is 7.07. The van der Waals surface area contributed by atoms with Crippen LogP contribution in [0.15, 0.2) is 11.7 Å². The van der Waals surface area contributed by atoms with Crippen LogP contribution < -0.4 is 0 Å². The predicted molar refractivity (Wildman–Crippen MR) is 78.4 cm³/mol. The molecule has 3 N–H and O–H groups in total. The summed E-state index contributed by atoms with van der Waals surface area (Å²) in [5.74, 6) is -1.34. The minimum atomic E-state index is -0.985. The van der Waals surface area contributed by atoms with E-state index in [0.717, 1.165) is 12.8 Å². The van der Waals surface area contributed by atoms with Crippen LogP contribution in [-0.4, -0.2) is 20.7 Å². The average molecular weight is 524 g/mol. The van der Waals surface area contributed by atoms with Crippen molar-refractivity contribution in [3.05, 3.63) is 11.7 Å². The number of halogens is 3. The van der Waals surface area contributed by atoms with Crippen molar-refractivity contribution in [2.45, 2.75) is 25.1 Å². The van der Waals surface area contributed by atoms with Crippen molar-refractivity contribution in [3.8, 4) is 0 Å². The first kappa shape index (κ1) is 14.3. The molecule has 0 saturated carbocycles. The van der Waals surface area contributed by atoms with Gasteiger partial charge in [0.2, 0.25) is 5.76 Å². The van der Waals surface area contributed by atoms with Gasteiger partial charge in [0.25, 0.3) is 0 Å². The highest BCUT2D eigenvalue weighted by atomic mass is 127. The zero-order chi connectivity index (χ0) is 10.6. The van der Waals surface area contributed by atoms with Crippen LogP contribution in [0.5, 0.6) is 0 Å². The Morgan fingerprint density at radius 2 is 1.77 bits per heavy atom. The van der Waals surface area contributed by atoms with Gasteiger partial charge in [-0.15, -0.1) is 0 Å². The maximum atomic E-state index is 9.41. The molecule has 3 nitrogen and oxygen atoms in total. The smallest absolute Gasteiger partial charge is 0.316 e. The Labute approximate surface area is 118 Å². The van der Waals surface area contributed by atoms with Gasteiger partial charge in [-0.05, 0) is 6.42 Å². The molecule has 0 aromatic rings. The largest absolute Gasteiger partial charge is 0.504 e. The fourth-order valence-corrected chi connectivity index (χ4v) is 2.76. The fourth-order valence-electron chi connectivity index (χ4n) is 0.732. The van der Waals surface area contributed by atoms with Crippen molar-refractivity contribution >= 4 is 67.8 Å². The molecule has 13 heavy (non-hydrogen) atoms. The molecule has 78 valence electrons. The van der Waals surface area contributed by atoms with Crippen LogP contribution in [0.3, 0.4) is 0 Å². The Morgan fingerprint density at radius 3 is 2.08 bits per heavy atom. The number of hydrogen-bond acceptors (Lipinski definition) is 3. The van der Waals surface area contributed by atoms with Crippen LogP contribution >= 0.6 is 67.8 Å². The Kier molecular flexibility index (Phi) is 6.65. The lowest BCUT2D eigenvalue weighted by molar-refractivity contribution is 0.155. The second-order valence-corrected chi connectivity index (χ2v) is 9.52. The van der Waals surface area contributed by atoms with Crippen LogP contribution in [-0.2, 0) is 0 Å². The SMILES string of the molecule is CCCC(I)C(I)(I)C(O)=C(O)O. The molecule has 0 radical (unpaired) electrons. The van der Waals surface area contributed by atoms with Gasteiger partial charge in [-0.25, -0.2) is 0 Å². The van der Waals surface area contributed by atoms with E-state index in [1.807, 2.05) is 45.2 Å². The number of alkyl halides is 3. The molecule has 0 bridgehead atoms. The maximum absolute atomic E-state index is 9.41. The van der Waals surface area contributed by atoms with E-state index < -0.39 is 7.37 Å². The standard InChI is InChI=1S/C7H11I3O3/c1-2-3-4(8)7(9,10)5(11)6(12)13/h4,11-13H,2-3H2,1H3. The lowest BCUT2D eigenvalue weighted by atomic mass is 10.2. The highest BCUT2D eigenvalue weighted by Gasteiger charge is 2.38. The number of aliphatic hydroxyl groups excluding tert-OH is 2. The highest BCUT2D eigenvalue weighted by Crippen LogP contribution is 2.44. The van der Waals surface area contributed by atoms with Crippen molar-refractivity contribution in [2.24, 2.45) is 0 Å². The lowest BCUT2D eigenvalue weighted by Crippen LogP contribution is -2.28. The highest BCUT2D eigenvalue weighted by molar-refractivity contribution is 14.2. The first-order chi connectivity index (χ1) is 5.84. The average Bonchev–Trinajstić information content (AvgIpc) is 2.03. The molecule has 0 aliphatic heterocycles. The molecular formula is C7H11I3O3. The zero-order valence-electron chi connectivity index (χ0n) is 6.97. The number of hydrogen-bond donors (Lipinski definition) is 3. The van der Waals surface area contributed by atoms with Crippen LogP contribution in [0.2, 0.25) is 0 Å². The quantitative estimate of drug-likeness (QED) is 0.297. The van der Waals surface area contributed by atoms with Crippen LogP contribution in [0.25, 0.3) is 0 Å². The van der Waals surface area contributed by atoms with Gasteiger partial charge in [-0.2, -0.15) is 0 Å². The molecule has 0 rings (SSSR count). The van der Waals surface area contributed by atoms with Gasteiger partial charge in [0.1, 0.15) is 1.43 Å². The Hall–Kier alpha value is 1.33. The van der Waals surface area contributed by atoms with Crippen molar-refractivity contribution in [3.63, 3.8) is 0 Å². The summed E-state index contributed by atoms with van der Waals surface area (Å²) in [5, 5.41) is 26.9. The molecule has 0 fully saturated rings. The van der Waals surface area contributed by atoms with Crippen LogP contribution in [0, 0.1) is 0 Å². The minimum absolute atomic E-state index is 0.158. The maximum Gasteiger partial charge on any atom is 0.316 e. The predicted octanol–water partition coefficient (Wildman–Crippen LogP) is 4.00.